The zero-order chi connectivity index (χ0) is 14.3. The third-order valence-electron chi connectivity index (χ3n) is 2.09. The molecule has 0 aliphatic rings. The highest BCUT2D eigenvalue weighted by Gasteiger charge is 2.11. The van der Waals surface area contributed by atoms with Crippen LogP contribution in [0.25, 0.3) is 0 Å². The normalized spacial score (nSPS) is 9.47. The molecular weight excluding hydrogens is 252 g/mol. The number of nitrogens with zero attached hydrogens (tertiary/aromatic N) is 1. The van der Waals surface area contributed by atoms with E-state index in [1.54, 1.807) is 0 Å². The molecule has 0 bridgehead atoms. The van der Waals surface area contributed by atoms with Gasteiger partial charge < -0.3 is 10.1 Å². The number of benzene rings is 1. The summed E-state index contributed by atoms with van der Waals surface area (Å²) in [5.41, 5.74) is 0.0161. The number of non-ortho nitro benzene ring substituents is 1. The molecule has 0 atom stereocenters. The zero-order valence-corrected chi connectivity index (χ0v) is 10.00. The van der Waals surface area contributed by atoms with Crippen LogP contribution in [0.2, 0.25) is 0 Å². The Morgan fingerprint density at radius 1 is 1.37 bits per heavy atom. The Balaban J connectivity index is 2.51. The second-order valence-electron chi connectivity index (χ2n) is 3.47. The Morgan fingerprint density at radius 3 is 2.53 bits per heavy atom. The van der Waals surface area contributed by atoms with Gasteiger partial charge in [-0.05, 0) is 12.1 Å². The van der Waals surface area contributed by atoms with Crippen LogP contribution in [0.3, 0.4) is 0 Å². The maximum Gasteiger partial charge on any atom is 0.338 e. The zero-order valence-electron chi connectivity index (χ0n) is 10.00. The maximum atomic E-state index is 11.5. The molecule has 0 aliphatic carbocycles. The van der Waals surface area contributed by atoms with Crippen molar-refractivity contribution in [3.05, 3.63) is 52.6 Å². The van der Waals surface area contributed by atoms with Crippen molar-refractivity contribution in [3.63, 3.8) is 0 Å². The van der Waals surface area contributed by atoms with Gasteiger partial charge in [0.05, 0.1) is 10.5 Å². The Labute approximate surface area is 109 Å². The Bertz CT molecular complexity index is 495. The van der Waals surface area contributed by atoms with Crippen LogP contribution in [0.5, 0.6) is 0 Å². The van der Waals surface area contributed by atoms with E-state index in [1.165, 1.54) is 30.3 Å². The fraction of sp³-hybridized carbons (Fsp3) is 0.167. The van der Waals surface area contributed by atoms with E-state index < -0.39 is 23.4 Å². The second kappa shape index (κ2) is 6.90. The third kappa shape index (κ3) is 4.58. The van der Waals surface area contributed by atoms with Gasteiger partial charge in [0.1, 0.15) is 0 Å². The number of nitro benzene ring substituents is 1. The lowest BCUT2D eigenvalue weighted by Crippen LogP contribution is -2.28. The smallest absolute Gasteiger partial charge is 0.338 e. The molecule has 7 heteroatoms. The number of carbonyl (C=O) groups excluding carboxylic acids is 2. The van der Waals surface area contributed by atoms with E-state index in [-0.39, 0.29) is 17.8 Å². The number of hydrogen-bond acceptors (Lipinski definition) is 5. The summed E-state index contributed by atoms with van der Waals surface area (Å²) in [6.45, 7) is 3.29. The van der Waals surface area contributed by atoms with Crippen molar-refractivity contribution in [1.29, 1.82) is 0 Å². The molecule has 0 unspecified atom stereocenters. The fourth-order valence-electron chi connectivity index (χ4n) is 1.17. The molecule has 0 radical (unpaired) electrons. The number of nitro groups is 1. The van der Waals surface area contributed by atoms with Crippen LogP contribution in [0.1, 0.15) is 10.4 Å². The van der Waals surface area contributed by atoms with Gasteiger partial charge in [-0.25, -0.2) is 4.79 Å². The average Bonchev–Trinajstić information content (AvgIpc) is 2.42. The molecule has 100 valence electrons. The number of hydrogen-bond donors (Lipinski definition) is 1. The number of carbonyl (C=O) groups is 2. The molecule has 1 rings (SSSR count). The van der Waals surface area contributed by atoms with Gasteiger partial charge in [0.15, 0.2) is 6.61 Å². The Hall–Kier alpha value is -2.70. The predicted molar refractivity (Wildman–Crippen MR) is 66.6 cm³/mol. The highest BCUT2D eigenvalue weighted by molar-refractivity contribution is 5.91. The standard InChI is InChI=1S/C12H12N2O5/c1-2-7-13-11(15)8-19-12(16)9-3-5-10(6-4-9)14(17)18/h2-6H,1,7-8H2,(H,13,15). The lowest BCUT2D eigenvalue weighted by atomic mass is 10.2. The number of nitrogens with one attached hydrogen (secondary N) is 1. The quantitative estimate of drug-likeness (QED) is 0.358. The molecule has 7 nitrogen and oxygen atoms in total. The van der Waals surface area contributed by atoms with Crippen molar-refractivity contribution in [3.8, 4) is 0 Å². The largest absolute Gasteiger partial charge is 0.452 e. The summed E-state index contributed by atoms with van der Waals surface area (Å²) in [6, 6.07) is 4.91. The molecule has 0 saturated heterocycles. The molecule has 0 saturated carbocycles. The summed E-state index contributed by atoms with van der Waals surface area (Å²) >= 11 is 0. The Kier molecular flexibility index (Phi) is 5.21. The first-order valence-electron chi connectivity index (χ1n) is 5.33. The van der Waals surface area contributed by atoms with Gasteiger partial charge in [0.2, 0.25) is 0 Å². The number of rotatable bonds is 6. The van der Waals surface area contributed by atoms with Gasteiger partial charge in [0, 0.05) is 18.7 Å². The molecule has 1 aromatic rings. The highest BCUT2D eigenvalue weighted by Crippen LogP contribution is 2.12. The number of ether oxygens (including phenoxy) is 1. The first-order valence-corrected chi connectivity index (χ1v) is 5.33. The molecule has 1 N–H and O–H groups in total. The number of esters is 1. The second-order valence-corrected chi connectivity index (χ2v) is 3.47. The molecule has 0 heterocycles. The van der Waals surface area contributed by atoms with Crippen molar-refractivity contribution in [2.75, 3.05) is 13.2 Å². The molecular formula is C12H12N2O5. The Morgan fingerprint density at radius 2 is 2.00 bits per heavy atom. The van der Waals surface area contributed by atoms with Crippen LogP contribution in [0.15, 0.2) is 36.9 Å². The van der Waals surface area contributed by atoms with E-state index >= 15 is 0 Å². The van der Waals surface area contributed by atoms with Crippen molar-refractivity contribution in [2.45, 2.75) is 0 Å². The van der Waals surface area contributed by atoms with Gasteiger partial charge >= 0.3 is 5.97 Å². The van der Waals surface area contributed by atoms with Crippen LogP contribution in [0, 0.1) is 10.1 Å². The summed E-state index contributed by atoms with van der Waals surface area (Å²) in [5.74, 6) is -1.17. The predicted octanol–water partition coefficient (Wildman–Crippen LogP) is 1.05. The first kappa shape index (κ1) is 14.4. The molecule has 19 heavy (non-hydrogen) atoms. The van der Waals surface area contributed by atoms with E-state index in [2.05, 4.69) is 11.9 Å². The van der Waals surface area contributed by atoms with Gasteiger partial charge in [-0.2, -0.15) is 0 Å². The van der Waals surface area contributed by atoms with Crippen molar-refractivity contribution in [2.24, 2.45) is 0 Å². The topological polar surface area (TPSA) is 98.5 Å². The monoisotopic (exact) mass is 264 g/mol. The minimum atomic E-state index is -0.719. The van der Waals surface area contributed by atoms with Crippen LogP contribution in [-0.4, -0.2) is 30.0 Å². The van der Waals surface area contributed by atoms with E-state index in [4.69, 9.17) is 4.74 Å². The summed E-state index contributed by atoms with van der Waals surface area (Å²) in [6.07, 6.45) is 1.50. The minimum Gasteiger partial charge on any atom is -0.452 e. The van der Waals surface area contributed by atoms with E-state index in [9.17, 15) is 19.7 Å². The summed E-state index contributed by atoms with van der Waals surface area (Å²) in [7, 11) is 0. The van der Waals surface area contributed by atoms with Crippen molar-refractivity contribution >= 4 is 17.6 Å². The van der Waals surface area contributed by atoms with Crippen LogP contribution in [0.4, 0.5) is 5.69 Å². The van der Waals surface area contributed by atoms with Gasteiger partial charge in [-0.15, -0.1) is 6.58 Å². The number of amides is 1. The third-order valence-corrected chi connectivity index (χ3v) is 2.09. The van der Waals surface area contributed by atoms with Crippen LogP contribution < -0.4 is 5.32 Å². The van der Waals surface area contributed by atoms with E-state index in [0.717, 1.165) is 0 Å². The minimum absolute atomic E-state index is 0.125. The molecule has 0 aliphatic heterocycles. The summed E-state index contributed by atoms with van der Waals surface area (Å²) in [5, 5.41) is 12.9. The van der Waals surface area contributed by atoms with Gasteiger partial charge in [-0.3, -0.25) is 14.9 Å². The van der Waals surface area contributed by atoms with E-state index in [0.29, 0.717) is 0 Å². The van der Waals surface area contributed by atoms with Crippen molar-refractivity contribution < 1.29 is 19.2 Å². The van der Waals surface area contributed by atoms with Gasteiger partial charge in [-0.1, -0.05) is 6.08 Å². The van der Waals surface area contributed by atoms with Crippen LogP contribution in [-0.2, 0) is 9.53 Å². The summed E-state index contributed by atoms with van der Waals surface area (Å²) < 4.78 is 4.73. The molecule has 1 amide bonds. The molecule has 0 fully saturated rings. The fourth-order valence-corrected chi connectivity index (χ4v) is 1.17. The van der Waals surface area contributed by atoms with E-state index in [1.807, 2.05) is 0 Å². The first-order chi connectivity index (χ1) is 9.04. The maximum absolute atomic E-state index is 11.5. The summed E-state index contributed by atoms with van der Waals surface area (Å²) in [4.78, 5) is 32.5. The van der Waals surface area contributed by atoms with Crippen LogP contribution >= 0.6 is 0 Å². The SMILES string of the molecule is C=CCNC(=O)COC(=O)c1ccc([N+](=O)[O-])cc1. The molecule has 1 aromatic carbocycles. The van der Waals surface area contributed by atoms with Gasteiger partial charge in [0.25, 0.3) is 11.6 Å². The van der Waals surface area contributed by atoms with Crippen molar-refractivity contribution in [1.82, 2.24) is 5.32 Å². The lowest BCUT2D eigenvalue weighted by molar-refractivity contribution is -0.384. The molecule has 0 spiro atoms. The lowest BCUT2D eigenvalue weighted by Gasteiger charge is -2.04. The average molecular weight is 264 g/mol. The highest BCUT2D eigenvalue weighted by atomic mass is 16.6. The molecule has 0 aromatic heterocycles.